The van der Waals surface area contributed by atoms with Crippen LogP contribution in [0.2, 0.25) is 0 Å². The summed E-state index contributed by atoms with van der Waals surface area (Å²) in [5.41, 5.74) is 1.61. The van der Waals surface area contributed by atoms with Crippen LogP contribution in [0.4, 0.5) is 5.69 Å². The van der Waals surface area contributed by atoms with Gasteiger partial charge in [0, 0.05) is 32.3 Å². The minimum Gasteiger partial charge on any atom is -0.380 e. The van der Waals surface area contributed by atoms with Crippen molar-refractivity contribution in [3.63, 3.8) is 0 Å². The van der Waals surface area contributed by atoms with Crippen LogP contribution in [0, 0.1) is 0 Å². The Morgan fingerprint density at radius 1 is 1.33 bits per heavy atom. The number of hydrogen-bond donors (Lipinski definition) is 1. The lowest BCUT2D eigenvalue weighted by Crippen LogP contribution is -2.33. The number of anilines is 1. The molecule has 0 aliphatic rings. The van der Waals surface area contributed by atoms with E-state index >= 15 is 0 Å². The van der Waals surface area contributed by atoms with Crippen molar-refractivity contribution in [1.82, 2.24) is 4.90 Å². The fourth-order valence-electron chi connectivity index (χ4n) is 1.44. The van der Waals surface area contributed by atoms with Crippen LogP contribution in [-0.2, 0) is 20.9 Å². The monoisotopic (exact) mass is 250 g/mol. The van der Waals surface area contributed by atoms with E-state index in [1.807, 2.05) is 18.2 Å². The van der Waals surface area contributed by atoms with Gasteiger partial charge in [0.1, 0.15) is 0 Å². The minimum atomic E-state index is -0.226. The summed E-state index contributed by atoms with van der Waals surface area (Å²) in [6, 6.07) is 7.41. The van der Waals surface area contributed by atoms with E-state index in [4.69, 9.17) is 4.74 Å². The SMILES string of the molecule is COCc1ccccc1NC(=O)CN(C)C(C)=O. The highest BCUT2D eigenvalue weighted by atomic mass is 16.5. The van der Waals surface area contributed by atoms with Gasteiger partial charge in [0.2, 0.25) is 11.8 Å². The van der Waals surface area contributed by atoms with E-state index in [0.29, 0.717) is 12.3 Å². The first kappa shape index (κ1) is 14.2. The van der Waals surface area contributed by atoms with E-state index in [2.05, 4.69) is 5.32 Å². The Morgan fingerprint density at radius 3 is 2.61 bits per heavy atom. The number of carbonyl (C=O) groups is 2. The lowest BCUT2D eigenvalue weighted by Gasteiger charge is -2.15. The second kappa shape index (κ2) is 6.76. The van der Waals surface area contributed by atoms with Crippen molar-refractivity contribution < 1.29 is 14.3 Å². The second-order valence-electron chi connectivity index (χ2n) is 4.01. The standard InChI is InChI=1S/C13H18N2O3/c1-10(16)15(2)8-13(17)14-12-7-5-4-6-11(12)9-18-3/h4-7H,8-9H2,1-3H3,(H,14,17). The number of nitrogens with one attached hydrogen (secondary N) is 1. The van der Waals surface area contributed by atoms with Gasteiger partial charge in [0.05, 0.1) is 13.2 Å². The Kier molecular flexibility index (Phi) is 5.32. The Balaban J connectivity index is 2.66. The summed E-state index contributed by atoms with van der Waals surface area (Å²) in [4.78, 5) is 24.1. The molecule has 5 heteroatoms. The van der Waals surface area contributed by atoms with Gasteiger partial charge in [0.25, 0.3) is 0 Å². The molecular weight excluding hydrogens is 232 g/mol. The van der Waals surface area contributed by atoms with Crippen molar-refractivity contribution >= 4 is 17.5 Å². The number of para-hydroxylation sites is 1. The van der Waals surface area contributed by atoms with Gasteiger partial charge in [-0.3, -0.25) is 9.59 Å². The molecule has 0 aliphatic carbocycles. The Bertz CT molecular complexity index is 432. The average molecular weight is 250 g/mol. The fraction of sp³-hybridized carbons (Fsp3) is 0.385. The number of likely N-dealkylation sites (N-methyl/N-ethyl adjacent to an activating group) is 1. The molecule has 0 aliphatic heterocycles. The molecule has 0 heterocycles. The van der Waals surface area contributed by atoms with Crippen LogP contribution in [0.15, 0.2) is 24.3 Å². The molecule has 1 rings (SSSR count). The van der Waals surface area contributed by atoms with Gasteiger partial charge in [-0.2, -0.15) is 0 Å². The van der Waals surface area contributed by atoms with Crippen molar-refractivity contribution in [2.75, 3.05) is 26.0 Å². The lowest BCUT2D eigenvalue weighted by atomic mass is 10.2. The molecule has 0 saturated heterocycles. The molecule has 5 nitrogen and oxygen atoms in total. The van der Waals surface area contributed by atoms with Crippen molar-refractivity contribution in [3.8, 4) is 0 Å². The Morgan fingerprint density at radius 2 is 2.00 bits per heavy atom. The van der Waals surface area contributed by atoms with Crippen LogP contribution < -0.4 is 5.32 Å². The summed E-state index contributed by atoms with van der Waals surface area (Å²) >= 11 is 0. The quantitative estimate of drug-likeness (QED) is 0.855. The van der Waals surface area contributed by atoms with Gasteiger partial charge in [0.15, 0.2) is 0 Å². The van der Waals surface area contributed by atoms with Crippen molar-refractivity contribution in [1.29, 1.82) is 0 Å². The number of amides is 2. The zero-order valence-electron chi connectivity index (χ0n) is 10.9. The average Bonchev–Trinajstić information content (AvgIpc) is 2.31. The Labute approximate surface area is 107 Å². The van der Waals surface area contributed by atoms with Gasteiger partial charge < -0.3 is 15.0 Å². The molecule has 0 radical (unpaired) electrons. The highest BCUT2D eigenvalue weighted by Gasteiger charge is 2.10. The topological polar surface area (TPSA) is 58.6 Å². The number of nitrogens with zero attached hydrogens (tertiary/aromatic N) is 1. The molecule has 1 N–H and O–H groups in total. The molecule has 0 aromatic heterocycles. The van der Waals surface area contributed by atoms with E-state index < -0.39 is 0 Å². The number of rotatable bonds is 5. The summed E-state index contributed by atoms with van der Waals surface area (Å²) < 4.78 is 5.05. The van der Waals surface area contributed by atoms with Gasteiger partial charge in [-0.1, -0.05) is 18.2 Å². The number of carbonyl (C=O) groups excluding carboxylic acids is 2. The lowest BCUT2D eigenvalue weighted by molar-refractivity contribution is -0.131. The van der Waals surface area contributed by atoms with Gasteiger partial charge >= 0.3 is 0 Å². The van der Waals surface area contributed by atoms with Crippen LogP contribution in [0.3, 0.4) is 0 Å². The molecule has 0 fully saturated rings. The van der Waals surface area contributed by atoms with E-state index in [1.165, 1.54) is 11.8 Å². The number of hydrogen-bond acceptors (Lipinski definition) is 3. The minimum absolute atomic E-state index is 0.0383. The molecule has 2 amide bonds. The molecule has 18 heavy (non-hydrogen) atoms. The molecule has 0 spiro atoms. The van der Waals surface area contributed by atoms with E-state index in [9.17, 15) is 9.59 Å². The third-order valence-electron chi connectivity index (χ3n) is 2.51. The van der Waals surface area contributed by atoms with Gasteiger partial charge in [-0.25, -0.2) is 0 Å². The van der Waals surface area contributed by atoms with Gasteiger partial charge in [-0.05, 0) is 6.07 Å². The zero-order chi connectivity index (χ0) is 13.5. The maximum absolute atomic E-state index is 11.7. The van der Waals surface area contributed by atoms with Crippen LogP contribution >= 0.6 is 0 Å². The first-order valence-corrected chi connectivity index (χ1v) is 5.63. The predicted octanol–water partition coefficient (Wildman–Crippen LogP) is 1.25. The third kappa shape index (κ3) is 4.18. The van der Waals surface area contributed by atoms with Crippen LogP contribution in [0.25, 0.3) is 0 Å². The predicted molar refractivity (Wildman–Crippen MR) is 69.1 cm³/mol. The summed E-state index contributed by atoms with van der Waals surface area (Å²) in [5, 5.41) is 2.77. The number of ether oxygens (including phenoxy) is 1. The molecular formula is C13H18N2O3. The van der Waals surface area contributed by atoms with E-state index in [0.717, 1.165) is 5.56 Å². The largest absolute Gasteiger partial charge is 0.380 e. The van der Waals surface area contributed by atoms with Crippen molar-refractivity contribution in [2.24, 2.45) is 0 Å². The summed E-state index contributed by atoms with van der Waals surface area (Å²) in [5.74, 6) is -0.369. The zero-order valence-corrected chi connectivity index (χ0v) is 10.9. The Hall–Kier alpha value is -1.88. The molecule has 0 atom stereocenters. The van der Waals surface area contributed by atoms with Crippen LogP contribution in [-0.4, -0.2) is 37.4 Å². The first-order chi connectivity index (χ1) is 8.54. The van der Waals surface area contributed by atoms with Gasteiger partial charge in [-0.15, -0.1) is 0 Å². The number of methoxy groups -OCH3 is 1. The molecule has 0 bridgehead atoms. The smallest absolute Gasteiger partial charge is 0.243 e. The van der Waals surface area contributed by atoms with Crippen LogP contribution in [0.1, 0.15) is 12.5 Å². The maximum Gasteiger partial charge on any atom is 0.243 e. The summed E-state index contributed by atoms with van der Waals surface area (Å²) in [6.07, 6.45) is 0. The number of benzene rings is 1. The highest BCUT2D eigenvalue weighted by Crippen LogP contribution is 2.15. The fourth-order valence-corrected chi connectivity index (χ4v) is 1.44. The van der Waals surface area contributed by atoms with E-state index in [-0.39, 0.29) is 18.4 Å². The van der Waals surface area contributed by atoms with Crippen molar-refractivity contribution in [2.45, 2.75) is 13.5 Å². The normalized spacial score (nSPS) is 9.94. The molecule has 1 aromatic carbocycles. The first-order valence-electron chi connectivity index (χ1n) is 5.63. The second-order valence-corrected chi connectivity index (χ2v) is 4.01. The molecule has 0 unspecified atom stereocenters. The van der Waals surface area contributed by atoms with Crippen molar-refractivity contribution in [3.05, 3.63) is 29.8 Å². The molecule has 98 valence electrons. The summed E-state index contributed by atoms with van der Waals surface area (Å²) in [6.45, 7) is 1.89. The molecule has 0 saturated carbocycles. The third-order valence-corrected chi connectivity index (χ3v) is 2.51. The highest BCUT2D eigenvalue weighted by molar-refractivity contribution is 5.94. The van der Waals surface area contributed by atoms with Crippen LogP contribution in [0.5, 0.6) is 0 Å². The van der Waals surface area contributed by atoms with E-state index in [1.54, 1.807) is 20.2 Å². The summed E-state index contributed by atoms with van der Waals surface area (Å²) in [7, 11) is 3.19. The molecule has 1 aromatic rings. The maximum atomic E-state index is 11.7.